The van der Waals surface area contributed by atoms with Crippen LogP contribution in [0.5, 0.6) is 0 Å². The first kappa shape index (κ1) is 20.4. The van der Waals surface area contributed by atoms with Crippen molar-refractivity contribution in [3.05, 3.63) is 53.1 Å². The molecule has 0 radical (unpaired) electrons. The number of hydrogen-bond donors (Lipinski definition) is 2. The largest absolute Gasteiger partial charge is 0.351 e. The molecule has 7 heteroatoms. The number of piperazine rings is 1. The molecule has 142 valence electrons. The molecular formula is C19H26ClFN4O. The van der Waals surface area contributed by atoms with Gasteiger partial charge in [0.25, 0.3) is 5.91 Å². The van der Waals surface area contributed by atoms with Crippen molar-refractivity contribution in [3.63, 3.8) is 0 Å². The highest BCUT2D eigenvalue weighted by Crippen LogP contribution is 2.21. The predicted octanol–water partition coefficient (Wildman–Crippen LogP) is 2.29. The lowest BCUT2D eigenvalue weighted by molar-refractivity contribution is 0.0946. The van der Waals surface area contributed by atoms with E-state index in [2.05, 4.69) is 15.5 Å². The molecule has 0 saturated carbocycles. The van der Waals surface area contributed by atoms with Crippen molar-refractivity contribution < 1.29 is 9.18 Å². The number of benzene rings is 1. The monoisotopic (exact) mass is 380 g/mol. The van der Waals surface area contributed by atoms with Gasteiger partial charge in [-0.05, 0) is 44.2 Å². The molecule has 1 fully saturated rings. The van der Waals surface area contributed by atoms with E-state index in [1.54, 1.807) is 12.1 Å². The highest BCUT2D eigenvalue weighted by atomic mass is 35.5. The van der Waals surface area contributed by atoms with E-state index in [0.717, 1.165) is 49.8 Å². The SMILES string of the molecule is Cc1cc(C(=O)NCCN2CCNCC2)c(C)n1-c1ccc(F)cc1.Cl. The summed E-state index contributed by atoms with van der Waals surface area (Å²) in [6.45, 7) is 9.43. The fraction of sp³-hybridized carbons (Fsp3) is 0.421. The number of aryl methyl sites for hydroxylation is 1. The van der Waals surface area contributed by atoms with Crippen molar-refractivity contribution in [1.29, 1.82) is 0 Å². The number of rotatable bonds is 5. The van der Waals surface area contributed by atoms with Crippen LogP contribution in [-0.4, -0.2) is 54.6 Å². The molecule has 2 aromatic rings. The molecule has 0 unspecified atom stereocenters. The number of halogens is 2. The molecule has 1 aliphatic rings. The molecule has 2 N–H and O–H groups in total. The van der Waals surface area contributed by atoms with Gasteiger partial charge in [0.1, 0.15) is 5.82 Å². The van der Waals surface area contributed by atoms with E-state index in [0.29, 0.717) is 12.1 Å². The third-order valence-electron chi connectivity index (χ3n) is 4.68. The maximum Gasteiger partial charge on any atom is 0.253 e. The average molecular weight is 381 g/mol. The summed E-state index contributed by atoms with van der Waals surface area (Å²) >= 11 is 0. The van der Waals surface area contributed by atoms with Crippen LogP contribution in [-0.2, 0) is 0 Å². The van der Waals surface area contributed by atoms with Gasteiger partial charge in [-0.15, -0.1) is 12.4 Å². The van der Waals surface area contributed by atoms with Gasteiger partial charge in [-0.1, -0.05) is 0 Å². The van der Waals surface area contributed by atoms with Crippen molar-refractivity contribution in [2.75, 3.05) is 39.3 Å². The molecule has 1 amide bonds. The van der Waals surface area contributed by atoms with E-state index in [9.17, 15) is 9.18 Å². The number of aromatic nitrogens is 1. The van der Waals surface area contributed by atoms with Gasteiger partial charge in [-0.25, -0.2) is 4.39 Å². The van der Waals surface area contributed by atoms with E-state index >= 15 is 0 Å². The summed E-state index contributed by atoms with van der Waals surface area (Å²) in [6, 6.07) is 8.20. The lowest BCUT2D eigenvalue weighted by Crippen LogP contribution is -2.46. The van der Waals surface area contributed by atoms with Gasteiger partial charge in [0.2, 0.25) is 0 Å². The second-order valence-electron chi connectivity index (χ2n) is 6.44. The van der Waals surface area contributed by atoms with Crippen LogP contribution in [0.15, 0.2) is 30.3 Å². The lowest BCUT2D eigenvalue weighted by Gasteiger charge is -2.27. The summed E-state index contributed by atoms with van der Waals surface area (Å²) in [6.07, 6.45) is 0. The van der Waals surface area contributed by atoms with Crippen molar-refractivity contribution in [2.45, 2.75) is 13.8 Å². The van der Waals surface area contributed by atoms with E-state index < -0.39 is 0 Å². The topological polar surface area (TPSA) is 49.3 Å². The van der Waals surface area contributed by atoms with Crippen molar-refractivity contribution in [1.82, 2.24) is 20.1 Å². The highest BCUT2D eigenvalue weighted by molar-refractivity contribution is 5.95. The Labute approximate surface area is 160 Å². The normalized spacial score (nSPS) is 14.7. The van der Waals surface area contributed by atoms with Crippen LogP contribution < -0.4 is 10.6 Å². The zero-order valence-corrected chi connectivity index (χ0v) is 16.0. The van der Waals surface area contributed by atoms with Crippen LogP contribution in [0.3, 0.4) is 0 Å². The number of amides is 1. The molecule has 26 heavy (non-hydrogen) atoms. The molecule has 5 nitrogen and oxygen atoms in total. The Morgan fingerprint density at radius 3 is 2.50 bits per heavy atom. The second-order valence-corrected chi connectivity index (χ2v) is 6.44. The zero-order valence-electron chi connectivity index (χ0n) is 15.2. The van der Waals surface area contributed by atoms with Crippen molar-refractivity contribution in [3.8, 4) is 5.69 Å². The zero-order chi connectivity index (χ0) is 17.8. The third kappa shape index (κ3) is 4.63. The quantitative estimate of drug-likeness (QED) is 0.836. The summed E-state index contributed by atoms with van der Waals surface area (Å²) in [5.41, 5.74) is 3.35. The van der Waals surface area contributed by atoms with Gasteiger partial charge in [-0.2, -0.15) is 0 Å². The Hall–Kier alpha value is -1.89. The Kier molecular flexibility index (Phi) is 7.20. The van der Waals surface area contributed by atoms with Crippen LogP contribution in [0.1, 0.15) is 21.7 Å². The van der Waals surface area contributed by atoms with E-state index in [4.69, 9.17) is 0 Å². The summed E-state index contributed by atoms with van der Waals surface area (Å²) in [5.74, 6) is -0.325. The lowest BCUT2D eigenvalue weighted by atomic mass is 10.2. The summed E-state index contributed by atoms with van der Waals surface area (Å²) < 4.78 is 15.1. The summed E-state index contributed by atoms with van der Waals surface area (Å²) in [5, 5.41) is 6.33. The number of carbonyl (C=O) groups is 1. The molecule has 0 bridgehead atoms. The number of nitrogens with zero attached hydrogens (tertiary/aromatic N) is 2. The number of hydrogen-bond acceptors (Lipinski definition) is 3. The maximum absolute atomic E-state index is 13.1. The average Bonchev–Trinajstić information content (AvgIpc) is 2.91. The van der Waals surface area contributed by atoms with Gasteiger partial charge in [-0.3, -0.25) is 9.69 Å². The minimum absolute atomic E-state index is 0. The molecular weight excluding hydrogens is 355 g/mol. The smallest absolute Gasteiger partial charge is 0.253 e. The first-order chi connectivity index (χ1) is 12.1. The first-order valence-electron chi connectivity index (χ1n) is 8.72. The van der Waals surface area contributed by atoms with Crippen LogP contribution in [0.2, 0.25) is 0 Å². The van der Waals surface area contributed by atoms with Crippen LogP contribution >= 0.6 is 12.4 Å². The molecule has 0 atom stereocenters. The van der Waals surface area contributed by atoms with Gasteiger partial charge in [0, 0.05) is 56.3 Å². The Morgan fingerprint density at radius 2 is 1.85 bits per heavy atom. The molecule has 2 heterocycles. The predicted molar refractivity (Wildman–Crippen MR) is 104 cm³/mol. The standard InChI is InChI=1S/C19H25FN4O.ClH/c1-14-13-18(15(2)24(14)17-5-3-16(20)4-6-17)19(25)22-9-12-23-10-7-21-8-11-23;/h3-6,13,21H,7-12H2,1-2H3,(H,22,25);1H. The second kappa shape index (κ2) is 9.16. The molecule has 1 aliphatic heterocycles. The van der Waals surface area contributed by atoms with Crippen LogP contribution in [0.4, 0.5) is 4.39 Å². The van der Waals surface area contributed by atoms with Gasteiger partial charge >= 0.3 is 0 Å². The fourth-order valence-electron chi connectivity index (χ4n) is 3.34. The van der Waals surface area contributed by atoms with Crippen LogP contribution in [0, 0.1) is 19.7 Å². The Bertz CT molecular complexity index is 739. The van der Waals surface area contributed by atoms with Gasteiger partial charge < -0.3 is 15.2 Å². The maximum atomic E-state index is 13.1. The van der Waals surface area contributed by atoms with Crippen LogP contribution in [0.25, 0.3) is 5.69 Å². The molecule has 1 aromatic carbocycles. The third-order valence-corrected chi connectivity index (χ3v) is 4.68. The van der Waals surface area contributed by atoms with E-state index in [1.807, 2.05) is 24.5 Å². The molecule has 3 rings (SSSR count). The summed E-state index contributed by atoms with van der Waals surface area (Å²) in [4.78, 5) is 14.9. The number of nitrogens with one attached hydrogen (secondary N) is 2. The minimum atomic E-state index is -0.267. The molecule has 1 aromatic heterocycles. The van der Waals surface area contributed by atoms with E-state index in [1.165, 1.54) is 12.1 Å². The number of carbonyl (C=O) groups excluding carboxylic acids is 1. The minimum Gasteiger partial charge on any atom is -0.351 e. The fourth-order valence-corrected chi connectivity index (χ4v) is 3.34. The molecule has 0 aliphatic carbocycles. The van der Waals surface area contributed by atoms with Crippen molar-refractivity contribution >= 4 is 18.3 Å². The Morgan fingerprint density at radius 1 is 1.19 bits per heavy atom. The van der Waals surface area contributed by atoms with E-state index in [-0.39, 0.29) is 24.1 Å². The van der Waals surface area contributed by atoms with Crippen molar-refractivity contribution in [2.24, 2.45) is 0 Å². The first-order valence-corrected chi connectivity index (χ1v) is 8.72. The highest BCUT2D eigenvalue weighted by Gasteiger charge is 2.17. The van der Waals surface area contributed by atoms with Gasteiger partial charge in [0.15, 0.2) is 0 Å². The Balaban J connectivity index is 0.00000243. The molecule has 1 saturated heterocycles. The molecule has 0 spiro atoms. The van der Waals surface area contributed by atoms with Gasteiger partial charge in [0.05, 0.1) is 5.56 Å². The summed E-state index contributed by atoms with van der Waals surface area (Å²) in [7, 11) is 0.